The Morgan fingerprint density at radius 2 is 1.61 bits per heavy atom. The van der Waals surface area contributed by atoms with Gasteiger partial charge in [-0.3, -0.25) is 0 Å². The minimum atomic E-state index is -4.00. The van der Waals surface area contributed by atoms with Crippen LogP contribution in [0.25, 0.3) is 0 Å². The summed E-state index contributed by atoms with van der Waals surface area (Å²) < 4.78 is 44.0. The number of ether oxygens (including phenoxy) is 1. The Bertz CT molecular complexity index is 561. The van der Waals surface area contributed by atoms with Crippen molar-refractivity contribution in [3.8, 4) is 0 Å². The van der Waals surface area contributed by atoms with Gasteiger partial charge in [-0.15, -0.1) is 0 Å². The van der Waals surface area contributed by atoms with Gasteiger partial charge in [0.15, 0.2) is 0 Å². The molecule has 0 aromatic heterocycles. The van der Waals surface area contributed by atoms with E-state index in [9.17, 15) is 13.2 Å². The van der Waals surface area contributed by atoms with Crippen LogP contribution in [0.5, 0.6) is 0 Å². The van der Waals surface area contributed by atoms with Gasteiger partial charge in [0.1, 0.15) is 0 Å². The lowest BCUT2D eigenvalue weighted by Crippen LogP contribution is -2.53. The zero-order valence-corrected chi connectivity index (χ0v) is 18.0. The van der Waals surface area contributed by atoms with Crippen LogP contribution < -0.4 is 0 Å². The highest BCUT2D eigenvalue weighted by atomic mass is 19.4. The van der Waals surface area contributed by atoms with Gasteiger partial charge in [-0.05, 0) is 111 Å². The number of halogens is 3. The van der Waals surface area contributed by atoms with Crippen LogP contribution in [0.4, 0.5) is 13.2 Å². The molecule has 4 fully saturated rings. The summed E-state index contributed by atoms with van der Waals surface area (Å²) >= 11 is 0. The van der Waals surface area contributed by atoms with Crippen LogP contribution >= 0.6 is 0 Å². The maximum atomic E-state index is 12.8. The third-order valence-electron chi connectivity index (χ3n) is 10.1. The second-order valence-electron chi connectivity index (χ2n) is 11.2. The number of methoxy groups -OCH3 is 1. The number of hydrogen-bond donors (Lipinski definition) is 0. The third-order valence-corrected chi connectivity index (χ3v) is 10.1. The lowest BCUT2D eigenvalue weighted by atomic mass is 9.44. The van der Waals surface area contributed by atoms with Crippen molar-refractivity contribution < 1.29 is 17.9 Å². The van der Waals surface area contributed by atoms with Gasteiger partial charge in [0.05, 0.1) is 0 Å². The largest absolute Gasteiger partial charge is 0.389 e. The van der Waals surface area contributed by atoms with E-state index in [1.54, 1.807) is 0 Å². The Labute approximate surface area is 169 Å². The summed E-state index contributed by atoms with van der Waals surface area (Å²) in [4.78, 5) is 0. The van der Waals surface area contributed by atoms with E-state index in [2.05, 4.69) is 13.8 Å². The van der Waals surface area contributed by atoms with Crippen LogP contribution in [0.3, 0.4) is 0 Å². The lowest BCUT2D eigenvalue weighted by molar-refractivity contribution is -0.145. The summed E-state index contributed by atoms with van der Waals surface area (Å²) in [5.74, 6) is 4.06. The summed E-state index contributed by atoms with van der Waals surface area (Å²) in [7, 11) is 1.82. The van der Waals surface area contributed by atoms with Crippen molar-refractivity contribution in [2.45, 2.75) is 90.7 Å². The molecule has 0 bridgehead atoms. The summed E-state index contributed by atoms with van der Waals surface area (Å²) in [6, 6.07) is 0. The average molecular weight is 401 g/mol. The van der Waals surface area contributed by atoms with Crippen molar-refractivity contribution in [3.63, 3.8) is 0 Å². The van der Waals surface area contributed by atoms with E-state index >= 15 is 0 Å². The van der Waals surface area contributed by atoms with E-state index in [0.717, 1.165) is 43.1 Å². The van der Waals surface area contributed by atoms with Crippen molar-refractivity contribution in [3.05, 3.63) is 0 Å². The smallest absolute Gasteiger partial charge is 0.384 e. The summed E-state index contributed by atoms with van der Waals surface area (Å²) in [6.07, 6.45) is 6.96. The molecule has 0 aromatic carbocycles. The van der Waals surface area contributed by atoms with E-state index in [1.807, 2.05) is 7.11 Å². The average Bonchev–Trinajstić information content (AvgIpc) is 2.96. The normalized spacial score (nSPS) is 48.6. The van der Waals surface area contributed by atoms with Gasteiger partial charge in [0, 0.05) is 20.1 Å². The molecule has 0 N–H and O–H groups in total. The van der Waals surface area contributed by atoms with Crippen molar-refractivity contribution >= 4 is 0 Å². The van der Waals surface area contributed by atoms with Gasteiger partial charge in [-0.25, -0.2) is 0 Å². The van der Waals surface area contributed by atoms with E-state index in [1.165, 1.54) is 44.9 Å². The van der Waals surface area contributed by atoms with Crippen molar-refractivity contribution in [1.82, 2.24) is 0 Å². The molecule has 1 nitrogen and oxygen atoms in total. The Hall–Kier alpha value is -0.250. The van der Waals surface area contributed by atoms with Crippen molar-refractivity contribution in [1.29, 1.82) is 0 Å². The molecule has 8 atom stereocenters. The van der Waals surface area contributed by atoms with Gasteiger partial charge in [-0.2, -0.15) is 13.2 Å². The van der Waals surface area contributed by atoms with Crippen molar-refractivity contribution in [2.75, 3.05) is 13.7 Å². The molecule has 0 saturated heterocycles. The molecule has 4 aliphatic carbocycles. The van der Waals surface area contributed by atoms with E-state index in [-0.39, 0.29) is 11.3 Å². The van der Waals surface area contributed by atoms with Crippen LogP contribution in [0, 0.1) is 46.3 Å². The summed E-state index contributed by atoms with van der Waals surface area (Å²) in [5, 5.41) is 0. The Morgan fingerprint density at radius 3 is 2.32 bits per heavy atom. The second kappa shape index (κ2) is 7.46. The van der Waals surface area contributed by atoms with Crippen molar-refractivity contribution in [2.24, 2.45) is 46.3 Å². The fourth-order valence-electron chi connectivity index (χ4n) is 8.65. The zero-order chi connectivity index (χ0) is 20.2. The number of rotatable bonds is 4. The predicted octanol–water partition coefficient (Wildman–Crippen LogP) is 7.25. The summed E-state index contributed by atoms with van der Waals surface area (Å²) in [5.41, 5.74) is 0.613. The van der Waals surface area contributed by atoms with E-state index in [4.69, 9.17) is 4.74 Å². The Morgan fingerprint density at radius 1 is 0.893 bits per heavy atom. The van der Waals surface area contributed by atoms with Crippen LogP contribution in [0.1, 0.15) is 84.5 Å². The molecule has 0 radical (unpaired) electrons. The first kappa shape index (κ1) is 21.0. The molecule has 0 aliphatic heterocycles. The molecule has 4 saturated carbocycles. The zero-order valence-electron chi connectivity index (χ0n) is 18.0. The Kier molecular flexibility index (Phi) is 5.60. The fourth-order valence-corrected chi connectivity index (χ4v) is 8.65. The number of hydrogen-bond acceptors (Lipinski definition) is 1. The number of fused-ring (bicyclic) bond motifs is 5. The third kappa shape index (κ3) is 3.54. The van der Waals surface area contributed by atoms with E-state index in [0.29, 0.717) is 17.8 Å². The van der Waals surface area contributed by atoms with Crippen LogP contribution in [0.2, 0.25) is 0 Å². The Balaban J connectivity index is 1.47. The molecule has 0 amide bonds. The molecular formula is C24H39F3O. The molecule has 0 heterocycles. The van der Waals surface area contributed by atoms with Gasteiger partial charge < -0.3 is 4.74 Å². The maximum Gasteiger partial charge on any atom is 0.389 e. The van der Waals surface area contributed by atoms with Gasteiger partial charge >= 0.3 is 6.18 Å². The fraction of sp³-hybridized carbons (Fsp3) is 1.00. The number of alkyl halides is 3. The first-order valence-corrected chi connectivity index (χ1v) is 11.7. The molecular weight excluding hydrogens is 361 g/mol. The highest BCUT2D eigenvalue weighted by Crippen LogP contribution is 2.68. The lowest BCUT2D eigenvalue weighted by Gasteiger charge is -2.61. The maximum absolute atomic E-state index is 12.8. The molecule has 4 aliphatic rings. The highest BCUT2D eigenvalue weighted by Gasteiger charge is 2.60. The molecule has 8 unspecified atom stereocenters. The first-order valence-electron chi connectivity index (χ1n) is 11.7. The summed E-state index contributed by atoms with van der Waals surface area (Å²) in [6.45, 7) is 5.82. The van der Waals surface area contributed by atoms with Gasteiger partial charge in [0.2, 0.25) is 0 Å². The van der Waals surface area contributed by atoms with Crippen LogP contribution in [0.15, 0.2) is 0 Å². The first-order chi connectivity index (χ1) is 13.2. The highest BCUT2D eigenvalue weighted by molar-refractivity contribution is 5.09. The molecule has 4 rings (SSSR count). The predicted molar refractivity (Wildman–Crippen MR) is 106 cm³/mol. The molecule has 4 heteroatoms. The topological polar surface area (TPSA) is 9.23 Å². The quantitative estimate of drug-likeness (QED) is 0.483. The minimum absolute atomic E-state index is 0.156. The van der Waals surface area contributed by atoms with Gasteiger partial charge in [0.25, 0.3) is 0 Å². The minimum Gasteiger partial charge on any atom is -0.384 e. The monoisotopic (exact) mass is 400 g/mol. The van der Waals surface area contributed by atoms with Gasteiger partial charge in [-0.1, -0.05) is 13.8 Å². The van der Waals surface area contributed by atoms with E-state index < -0.39 is 12.6 Å². The van der Waals surface area contributed by atoms with Crippen LogP contribution in [-0.2, 0) is 4.74 Å². The SMILES string of the molecule is COCC1CCC2(C)C(CCC3C4CCC(CCC(F)(F)F)C4(C)CCC32)C1. The standard InChI is InChI=1S/C24H39F3O/c1-22-12-10-21-19(20(22)7-5-17(22)9-13-24(25,26)27)6-4-18-14-16(15-28-3)8-11-23(18,21)2/h16-21H,4-15H2,1-3H3. The molecule has 0 spiro atoms. The molecule has 0 aromatic rings. The molecule has 162 valence electrons. The molecule has 28 heavy (non-hydrogen) atoms. The van der Waals surface area contributed by atoms with Crippen LogP contribution in [-0.4, -0.2) is 19.9 Å². The second-order valence-corrected chi connectivity index (χ2v) is 11.2.